The Balaban J connectivity index is 2.46. The summed E-state index contributed by atoms with van der Waals surface area (Å²) in [7, 11) is 1.95. The predicted octanol–water partition coefficient (Wildman–Crippen LogP) is 1.17. The average molecular weight is 212 g/mol. The Kier molecular flexibility index (Phi) is 4.46. The van der Waals surface area contributed by atoms with Crippen molar-refractivity contribution in [3.8, 4) is 0 Å². The van der Waals surface area contributed by atoms with Gasteiger partial charge >= 0.3 is 5.97 Å². The number of aryl methyl sites for hydroxylation is 1. The van der Waals surface area contributed by atoms with E-state index in [1.807, 2.05) is 42.9 Å². The van der Waals surface area contributed by atoms with Gasteiger partial charge in [0.2, 0.25) is 5.03 Å². The minimum Gasteiger partial charge on any atom is -0.465 e. The van der Waals surface area contributed by atoms with E-state index in [0.717, 1.165) is 5.03 Å². The maximum atomic E-state index is 11.1. The van der Waals surface area contributed by atoms with Gasteiger partial charge in [-0.3, -0.25) is 4.79 Å². The van der Waals surface area contributed by atoms with Crippen molar-refractivity contribution in [2.45, 2.75) is 11.9 Å². The van der Waals surface area contributed by atoms with Crippen molar-refractivity contribution in [2.75, 3.05) is 12.4 Å². The number of aromatic nitrogens is 1. The van der Waals surface area contributed by atoms with Crippen LogP contribution in [0.1, 0.15) is 6.92 Å². The van der Waals surface area contributed by atoms with Crippen molar-refractivity contribution < 1.29 is 14.1 Å². The first-order chi connectivity index (χ1) is 6.74. The van der Waals surface area contributed by atoms with Gasteiger partial charge in [-0.1, -0.05) is 0 Å². The maximum Gasteiger partial charge on any atom is 0.316 e. The van der Waals surface area contributed by atoms with E-state index in [1.54, 1.807) is 0 Å². The third-order valence-corrected chi connectivity index (χ3v) is 2.75. The highest BCUT2D eigenvalue weighted by atomic mass is 32.2. The van der Waals surface area contributed by atoms with E-state index in [0.29, 0.717) is 12.4 Å². The van der Waals surface area contributed by atoms with E-state index < -0.39 is 0 Å². The van der Waals surface area contributed by atoms with E-state index in [4.69, 9.17) is 4.74 Å². The van der Waals surface area contributed by atoms with E-state index in [-0.39, 0.29) is 5.97 Å². The standard InChI is InChI=1S/C10H14NO2S/c1-3-13-10(12)8-14-9-6-4-5-7-11(9)2/h4-7H,3,8H2,1-2H3/q+1. The van der Waals surface area contributed by atoms with Gasteiger partial charge in [-0.2, -0.15) is 4.57 Å². The van der Waals surface area contributed by atoms with Crippen LogP contribution in [0.3, 0.4) is 0 Å². The number of thioether (sulfide) groups is 1. The van der Waals surface area contributed by atoms with Gasteiger partial charge < -0.3 is 4.74 Å². The Bertz CT molecular complexity index is 315. The molecule has 76 valence electrons. The second kappa shape index (κ2) is 5.65. The Morgan fingerprint density at radius 3 is 3.00 bits per heavy atom. The average Bonchev–Trinajstić information content (AvgIpc) is 2.17. The molecule has 1 heterocycles. The highest BCUT2D eigenvalue weighted by Crippen LogP contribution is 2.12. The molecule has 4 heteroatoms. The smallest absolute Gasteiger partial charge is 0.316 e. The van der Waals surface area contributed by atoms with Crippen LogP contribution < -0.4 is 4.57 Å². The van der Waals surface area contributed by atoms with Gasteiger partial charge in [-0.05, 0) is 24.8 Å². The van der Waals surface area contributed by atoms with Gasteiger partial charge in [0.05, 0.1) is 6.61 Å². The highest BCUT2D eigenvalue weighted by Gasteiger charge is 2.09. The fraction of sp³-hybridized carbons (Fsp3) is 0.400. The zero-order valence-corrected chi connectivity index (χ0v) is 9.21. The zero-order valence-electron chi connectivity index (χ0n) is 8.40. The molecule has 14 heavy (non-hydrogen) atoms. The molecule has 0 N–H and O–H groups in total. The Labute approximate surface area is 88.1 Å². The van der Waals surface area contributed by atoms with Gasteiger partial charge in [-0.15, -0.1) is 0 Å². The quantitative estimate of drug-likeness (QED) is 0.426. The first-order valence-corrected chi connectivity index (χ1v) is 5.45. The lowest BCUT2D eigenvalue weighted by Crippen LogP contribution is -2.30. The summed E-state index contributed by atoms with van der Waals surface area (Å²) in [6.45, 7) is 2.26. The van der Waals surface area contributed by atoms with Crippen LogP contribution in [0.5, 0.6) is 0 Å². The second-order valence-corrected chi connectivity index (χ2v) is 3.74. The van der Waals surface area contributed by atoms with E-state index >= 15 is 0 Å². The summed E-state index contributed by atoms with van der Waals surface area (Å²) in [4.78, 5) is 11.1. The number of rotatable bonds is 4. The topological polar surface area (TPSA) is 30.2 Å². The maximum absolute atomic E-state index is 11.1. The molecule has 0 fully saturated rings. The lowest BCUT2D eigenvalue weighted by molar-refractivity contribution is -0.708. The largest absolute Gasteiger partial charge is 0.465 e. The first-order valence-electron chi connectivity index (χ1n) is 4.47. The van der Waals surface area contributed by atoms with Crippen LogP contribution in [0.4, 0.5) is 0 Å². The molecule has 0 atom stereocenters. The van der Waals surface area contributed by atoms with Crippen LogP contribution in [0.25, 0.3) is 0 Å². The van der Waals surface area contributed by atoms with Gasteiger partial charge in [0, 0.05) is 12.1 Å². The number of carbonyl (C=O) groups is 1. The summed E-state index contributed by atoms with van der Waals surface area (Å²) in [5.41, 5.74) is 0. The number of pyridine rings is 1. The SMILES string of the molecule is CCOC(=O)CSc1cccc[n+]1C. The summed E-state index contributed by atoms with van der Waals surface area (Å²) < 4.78 is 6.81. The van der Waals surface area contributed by atoms with E-state index in [1.165, 1.54) is 11.8 Å². The summed E-state index contributed by atoms with van der Waals surface area (Å²) in [6, 6.07) is 5.88. The minimum absolute atomic E-state index is 0.165. The van der Waals surface area contributed by atoms with Crippen molar-refractivity contribution in [3.63, 3.8) is 0 Å². The molecule has 1 aromatic rings. The number of carbonyl (C=O) groups excluding carboxylic acids is 1. The predicted molar refractivity (Wildman–Crippen MR) is 55.0 cm³/mol. The van der Waals surface area contributed by atoms with Crippen LogP contribution in [-0.4, -0.2) is 18.3 Å². The number of ether oxygens (including phenoxy) is 1. The van der Waals surface area contributed by atoms with Gasteiger partial charge in [-0.25, -0.2) is 0 Å². The molecule has 0 aliphatic rings. The second-order valence-electron chi connectivity index (χ2n) is 2.74. The molecule has 1 rings (SSSR count). The molecule has 0 amide bonds. The summed E-state index contributed by atoms with van der Waals surface area (Å²) in [6.07, 6.45) is 1.95. The van der Waals surface area contributed by atoms with Crippen molar-refractivity contribution >= 4 is 17.7 Å². The van der Waals surface area contributed by atoms with Crippen molar-refractivity contribution in [1.82, 2.24) is 0 Å². The minimum atomic E-state index is -0.165. The number of hydrogen-bond acceptors (Lipinski definition) is 3. The number of hydrogen-bond donors (Lipinski definition) is 0. The lowest BCUT2D eigenvalue weighted by atomic mass is 10.5. The van der Waals surface area contributed by atoms with Crippen LogP contribution in [0, 0.1) is 0 Å². The molecule has 0 aromatic carbocycles. The van der Waals surface area contributed by atoms with Gasteiger partial charge in [0.15, 0.2) is 6.20 Å². The molecule has 0 saturated carbocycles. The lowest BCUT2D eigenvalue weighted by Gasteiger charge is -2.00. The molecular weight excluding hydrogens is 198 g/mol. The van der Waals surface area contributed by atoms with Crippen LogP contribution in [-0.2, 0) is 16.6 Å². The molecule has 3 nitrogen and oxygen atoms in total. The molecule has 0 saturated heterocycles. The highest BCUT2D eigenvalue weighted by molar-refractivity contribution is 7.99. The zero-order chi connectivity index (χ0) is 10.4. The Morgan fingerprint density at radius 1 is 1.57 bits per heavy atom. The fourth-order valence-electron chi connectivity index (χ4n) is 0.993. The Hall–Kier alpha value is -1.03. The molecule has 1 aromatic heterocycles. The Morgan fingerprint density at radius 2 is 2.36 bits per heavy atom. The monoisotopic (exact) mass is 212 g/mol. The molecular formula is C10H14NO2S+. The molecule has 0 unspecified atom stereocenters. The molecule has 0 bridgehead atoms. The van der Waals surface area contributed by atoms with Crippen LogP contribution in [0.15, 0.2) is 29.4 Å². The molecule has 0 radical (unpaired) electrons. The number of nitrogens with zero attached hydrogens (tertiary/aromatic N) is 1. The fourth-order valence-corrected chi connectivity index (χ4v) is 1.78. The third-order valence-electron chi connectivity index (χ3n) is 1.65. The first kappa shape index (κ1) is 11.0. The van der Waals surface area contributed by atoms with Crippen molar-refractivity contribution in [3.05, 3.63) is 24.4 Å². The van der Waals surface area contributed by atoms with Crippen molar-refractivity contribution in [1.29, 1.82) is 0 Å². The van der Waals surface area contributed by atoms with Crippen LogP contribution in [0.2, 0.25) is 0 Å². The molecule has 0 spiro atoms. The van der Waals surface area contributed by atoms with Crippen LogP contribution >= 0.6 is 11.8 Å². The van der Waals surface area contributed by atoms with E-state index in [9.17, 15) is 4.79 Å². The van der Waals surface area contributed by atoms with Gasteiger partial charge in [0.25, 0.3) is 0 Å². The van der Waals surface area contributed by atoms with Gasteiger partial charge in [0.1, 0.15) is 12.8 Å². The summed E-state index contributed by atoms with van der Waals surface area (Å²) in [5.74, 6) is 0.201. The summed E-state index contributed by atoms with van der Waals surface area (Å²) >= 11 is 1.48. The van der Waals surface area contributed by atoms with E-state index in [2.05, 4.69) is 0 Å². The van der Waals surface area contributed by atoms with Crippen molar-refractivity contribution in [2.24, 2.45) is 7.05 Å². The summed E-state index contributed by atoms with van der Waals surface area (Å²) in [5, 5.41) is 1.06. The number of esters is 1. The molecule has 0 aliphatic carbocycles. The normalized spacial score (nSPS) is 9.86. The molecule has 0 aliphatic heterocycles. The third kappa shape index (κ3) is 3.38.